The Hall–Kier alpha value is -2.88. The summed E-state index contributed by atoms with van der Waals surface area (Å²) in [5.41, 5.74) is 2.00. The van der Waals surface area contributed by atoms with Crippen LogP contribution in [0.1, 0.15) is 21.8 Å². The predicted molar refractivity (Wildman–Crippen MR) is 90.9 cm³/mol. The molecular formula is C15H17N5O4S. The Kier molecular flexibility index (Phi) is 4.45. The number of anilines is 1. The van der Waals surface area contributed by atoms with Gasteiger partial charge in [-0.25, -0.2) is 12.9 Å². The lowest BCUT2D eigenvalue weighted by Gasteiger charge is -2.09. The van der Waals surface area contributed by atoms with Crippen LogP contribution in [0.4, 0.5) is 5.69 Å². The Balaban J connectivity index is 1.59. The molecule has 3 aromatic rings. The van der Waals surface area contributed by atoms with Crippen LogP contribution in [0.5, 0.6) is 0 Å². The molecule has 2 N–H and O–H groups in total. The van der Waals surface area contributed by atoms with E-state index in [0.717, 1.165) is 5.52 Å². The van der Waals surface area contributed by atoms with Crippen molar-refractivity contribution in [3.05, 3.63) is 47.6 Å². The largest absolute Gasteiger partial charge is 0.361 e. The van der Waals surface area contributed by atoms with Crippen molar-refractivity contribution in [3.63, 3.8) is 0 Å². The van der Waals surface area contributed by atoms with Crippen LogP contribution >= 0.6 is 0 Å². The molecule has 0 aliphatic rings. The molecule has 0 saturated heterocycles. The minimum Gasteiger partial charge on any atom is -0.361 e. The number of fused-ring (bicyclic) bond motifs is 1. The monoisotopic (exact) mass is 363 g/mol. The van der Waals surface area contributed by atoms with Crippen molar-refractivity contribution in [1.82, 2.24) is 20.1 Å². The molecule has 3 rings (SSSR count). The van der Waals surface area contributed by atoms with Crippen molar-refractivity contribution in [1.29, 1.82) is 0 Å². The quantitative estimate of drug-likeness (QED) is 0.677. The van der Waals surface area contributed by atoms with Gasteiger partial charge in [-0.3, -0.25) is 9.52 Å². The van der Waals surface area contributed by atoms with Gasteiger partial charge in [0.2, 0.25) is 10.0 Å². The first-order chi connectivity index (χ1) is 11.9. The summed E-state index contributed by atoms with van der Waals surface area (Å²) >= 11 is 0. The summed E-state index contributed by atoms with van der Waals surface area (Å²) in [6.07, 6.45) is 3.28. The van der Waals surface area contributed by atoms with Crippen LogP contribution in [-0.4, -0.2) is 41.4 Å². The van der Waals surface area contributed by atoms with Crippen molar-refractivity contribution >= 4 is 27.1 Å². The lowest BCUT2D eigenvalue weighted by molar-refractivity contribution is 0.0954. The van der Waals surface area contributed by atoms with Crippen LogP contribution in [0.15, 0.2) is 35.1 Å². The van der Waals surface area contributed by atoms with Crippen molar-refractivity contribution in [2.75, 3.05) is 17.0 Å². The van der Waals surface area contributed by atoms with Gasteiger partial charge in [-0.2, -0.15) is 5.10 Å². The Morgan fingerprint density at radius 3 is 2.84 bits per heavy atom. The number of carbonyl (C=O) groups is 1. The van der Waals surface area contributed by atoms with Crippen molar-refractivity contribution < 1.29 is 17.7 Å². The second-order valence-corrected chi connectivity index (χ2v) is 7.33. The molecule has 10 heteroatoms. The maximum Gasteiger partial charge on any atom is 0.256 e. The molecule has 0 radical (unpaired) electrons. The van der Waals surface area contributed by atoms with E-state index in [-0.39, 0.29) is 12.3 Å². The first-order valence-corrected chi connectivity index (χ1v) is 9.16. The third kappa shape index (κ3) is 3.79. The molecule has 1 amide bonds. The fourth-order valence-electron chi connectivity index (χ4n) is 2.41. The van der Waals surface area contributed by atoms with Gasteiger partial charge in [0.25, 0.3) is 5.91 Å². The molecule has 25 heavy (non-hydrogen) atoms. The summed E-state index contributed by atoms with van der Waals surface area (Å²) in [4.78, 5) is 12.1. The van der Waals surface area contributed by atoms with Crippen LogP contribution in [-0.2, 0) is 10.0 Å². The molecule has 0 aromatic carbocycles. The molecule has 0 atom stereocenters. The molecule has 0 aliphatic carbocycles. The van der Waals surface area contributed by atoms with Crippen molar-refractivity contribution in [2.45, 2.75) is 13.8 Å². The maximum atomic E-state index is 12.2. The number of aromatic nitrogens is 3. The average Bonchev–Trinajstić information content (AvgIpc) is 3.12. The smallest absolute Gasteiger partial charge is 0.256 e. The Labute approximate surface area is 144 Å². The molecular weight excluding hydrogens is 346 g/mol. The molecule has 3 aromatic heterocycles. The third-order valence-electron chi connectivity index (χ3n) is 3.59. The number of amides is 1. The van der Waals surface area contributed by atoms with Gasteiger partial charge >= 0.3 is 0 Å². The number of rotatable bonds is 6. The number of nitrogens with one attached hydrogen (secondary N) is 2. The number of sulfonamides is 1. The van der Waals surface area contributed by atoms with Crippen LogP contribution in [0, 0.1) is 13.8 Å². The zero-order valence-electron chi connectivity index (χ0n) is 13.7. The van der Waals surface area contributed by atoms with Gasteiger partial charge in [0.05, 0.1) is 22.7 Å². The number of hydrogen-bond acceptors (Lipinski definition) is 6. The summed E-state index contributed by atoms with van der Waals surface area (Å²) < 4.78 is 33.4. The molecule has 0 aliphatic heterocycles. The zero-order valence-corrected chi connectivity index (χ0v) is 14.5. The Morgan fingerprint density at radius 1 is 1.32 bits per heavy atom. The number of hydrogen-bond donors (Lipinski definition) is 2. The van der Waals surface area contributed by atoms with Crippen molar-refractivity contribution in [3.8, 4) is 0 Å². The first-order valence-electron chi connectivity index (χ1n) is 7.51. The van der Waals surface area contributed by atoms with E-state index in [0.29, 0.717) is 22.7 Å². The molecule has 0 unspecified atom stereocenters. The summed E-state index contributed by atoms with van der Waals surface area (Å²) in [5, 5.41) is 10.3. The normalized spacial score (nSPS) is 11.6. The summed E-state index contributed by atoms with van der Waals surface area (Å²) in [5.74, 6) is -0.274. The van der Waals surface area contributed by atoms with Gasteiger partial charge in [-0.15, -0.1) is 0 Å². The highest BCUT2D eigenvalue weighted by atomic mass is 32.2. The standard InChI is InChI=1S/C15H17N5O4S/c1-10-14(11(2)24-18-10)15(21)16-6-8-25(22,23)19-12-4-7-20-13(9-12)3-5-17-20/h3-5,7,9,19H,6,8H2,1-2H3,(H,16,21). The van der Waals surface area contributed by atoms with Gasteiger partial charge < -0.3 is 9.84 Å². The molecule has 3 heterocycles. The Bertz CT molecular complexity index is 1000. The second-order valence-electron chi connectivity index (χ2n) is 5.49. The van der Waals surface area contributed by atoms with Gasteiger partial charge in [-0.05, 0) is 32.0 Å². The van der Waals surface area contributed by atoms with Crippen LogP contribution < -0.4 is 10.0 Å². The average molecular weight is 363 g/mol. The minimum absolute atomic E-state index is 0.0346. The topological polar surface area (TPSA) is 119 Å². The van der Waals surface area contributed by atoms with Gasteiger partial charge in [-0.1, -0.05) is 5.16 Å². The van der Waals surface area contributed by atoms with Crippen LogP contribution in [0.3, 0.4) is 0 Å². The second kappa shape index (κ2) is 6.55. The van der Waals surface area contributed by atoms with Crippen LogP contribution in [0.25, 0.3) is 5.52 Å². The van der Waals surface area contributed by atoms with E-state index < -0.39 is 15.9 Å². The molecule has 0 spiro atoms. The number of pyridine rings is 1. The molecule has 0 bridgehead atoms. The summed E-state index contributed by atoms with van der Waals surface area (Å²) in [6.45, 7) is 3.24. The van der Waals surface area contributed by atoms with Gasteiger partial charge in [0.15, 0.2) is 0 Å². The number of carbonyl (C=O) groups excluding carboxylic acids is 1. The highest BCUT2D eigenvalue weighted by molar-refractivity contribution is 7.92. The highest BCUT2D eigenvalue weighted by Gasteiger charge is 2.18. The molecule has 9 nitrogen and oxygen atoms in total. The van der Waals surface area contributed by atoms with E-state index in [4.69, 9.17) is 4.52 Å². The van der Waals surface area contributed by atoms with E-state index in [2.05, 4.69) is 20.3 Å². The molecule has 132 valence electrons. The third-order valence-corrected chi connectivity index (χ3v) is 4.88. The highest BCUT2D eigenvalue weighted by Crippen LogP contribution is 2.13. The zero-order chi connectivity index (χ0) is 18.0. The van der Waals surface area contributed by atoms with Gasteiger partial charge in [0, 0.05) is 18.9 Å². The maximum absolute atomic E-state index is 12.2. The summed E-state index contributed by atoms with van der Waals surface area (Å²) in [7, 11) is -3.60. The van der Waals surface area contributed by atoms with Crippen molar-refractivity contribution in [2.24, 2.45) is 0 Å². The SMILES string of the molecule is Cc1noc(C)c1C(=O)NCCS(=O)(=O)Nc1ccn2nccc2c1. The van der Waals surface area contributed by atoms with E-state index in [1.807, 2.05) is 0 Å². The van der Waals surface area contributed by atoms with Crippen LogP contribution in [0.2, 0.25) is 0 Å². The van der Waals surface area contributed by atoms with E-state index in [1.54, 1.807) is 49.0 Å². The van der Waals surface area contributed by atoms with E-state index in [1.165, 1.54) is 0 Å². The first kappa shape index (κ1) is 17.0. The summed E-state index contributed by atoms with van der Waals surface area (Å²) in [6, 6.07) is 5.05. The molecule has 0 fully saturated rings. The predicted octanol–water partition coefficient (Wildman–Crippen LogP) is 1.11. The fourth-order valence-corrected chi connectivity index (χ4v) is 3.37. The van der Waals surface area contributed by atoms with Gasteiger partial charge in [0.1, 0.15) is 11.3 Å². The van der Waals surface area contributed by atoms with E-state index in [9.17, 15) is 13.2 Å². The minimum atomic E-state index is -3.60. The lowest BCUT2D eigenvalue weighted by atomic mass is 10.2. The lowest BCUT2D eigenvalue weighted by Crippen LogP contribution is -2.31. The molecule has 0 saturated carbocycles. The number of nitrogens with zero attached hydrogens (tertiary/aromatic N) is 3. The Morgan fingerprint density at radius 2 is 2.12 bits per heavy atom. The van der Waals surface area contributed by atoms with E-state index >= 15 is 0 Å². The fraction of sp³-hybridized carbons (Fsp3) is 0.267. The number of aryl methyl sites for hydroxylation is 2.